The lowest BCUT2D eigenvalue weighted by atomic mass is 9.82. The van der Waals surface area contributed by atoms with Crippen molar-refractivity contribution in [1.82, 2.24) is 20.6 Å². The van der Waals surface area contributed by atoms with Crippen LogP contribution in [0.4, 0.5) is 16.4 Å². The van der Waals surface area contributed by atoms with Crippen LogP contribution in [0, 0.1) is 16.7 Å². The second-order valence-electron chi connectivity index (χ2n) is 11.6. The van der Waals surface area contributed by atoms with Crippen LogP contribution in [0.15, 0.2) is 30.5 Å². The van der Waals surface area contributed by atoms with Crippen molar-refractivity contribution in [1.29, 1.82) is 5.26 Å². The van der Waals surface area contributed by atoms with Gasteiger partial charge in [-0.1, -0.05) is 17.7 Å². The molecule has 0 radical (unpaired) electrons. The van der Waals surface area contributed by atoms with Gasteiger partial charge in [0, 0.05) is 56.7 Å². The number of rotatable bonds is 14. The zero-order valence-electron chi connectivity index (χ0n) is 24.6. The number of carbonyl (C=O) groups excluding carboxylic acids is 1. The number of carbonyl (C=O) groups is 1. The average molecular weight is 612 g/mol. The zero-order valence-corrected chi connectivity index (χ0v) is 25.3. The quantitative estimate of drug-likeness (QED) is 0.221. The second kappa shape index (κ2) is 15.5. The molecule has 2 aliphatic carbocycles. The van der Waals surface area contributed by atoms with Gasteiger partial charge in [-0.3, -0.25) is 0 Å². The number of nitrogens with one attached hydrogen (secondary N) is 4. The number of nitrogens with zero attached hydrogens (tertiary/aromatic N) is 3. The van der Waals surface area contributed by atoms with Gasteiger partial charge < -0.3 is 35.5 Å². The molecule has 3 heterocycles. The van der Waals surface area contributed by atoms with Gasteiger partial charge in [0.05, 0.1) is 35.4 Å². The van der Waals surface area contributed by atoms with Gasteiger partial charge in [-0.2, -0.15) is 5.26 Å². The molecule has 1 aliphatic heterocycles. The molecule has 3 aliphatic rings. The molecule has 2 saturated carbocycles. The maximum Gasteiger partial charge on any atom is 0.407 e. The van der Waals surface area contributed by atoms with Gasteiger partial charge in [0.15, 0.2) is 0 Å². The number of ether oxygens (including phenoxy) is 3. The van der Waals surface area contributed by atoms with Crippen molar-refractivity contribution in [3.05, 3.63) is 35.5 Å². The highest BCUT2D eigenvalue weighted by Gasteiger charge is 2.32. The molecule has 0 unspecified atom stereocenters. The molecule has 0 aromatic carbocycles. The third-order valence-electron chi connectivity index (χ3n) is 8.25. The Bertz CT molecular complexity index is 1240. The lowest BCUT2D eigenvalue weighted by Crippen LogP contribution is -2.38. The summed E-state index contributed by atoms with van der Waals surface area (Å²) in [4.78, 5) is 20.8. The molecule has 2 aromatic heterocycles. The highest BCUT2D eigenvalue weighted by molar-refractivity contribution is 6.33. The number of nitriles is 1. The maximum absolute atomic E-state index is 11.5. The van der Waals surface area contributed by atoms with Crippen LogP contribution in [0.5, 0.6) is 0 Å². The van der Waals surface area contributed by atoms with Gasteiger partial charge in [0.1, 0.15) is 17.7 Å². The summed E-state index contributed by atoms with van der Waals surface area (Å²) in [6.07, 6.45) is 9.02. The summed E-state index contributed by atoms with van der Waals surface area (Å²) < 4.78 is 16.2. The largest absolute Gasteiger partial charge is 0.446 e. The van der Waals surface area contributed by atoms with Crippen LogP contribution < -0.4 is 21.3 Å². The van der Waals surface area contributed by atoms with Crippen LogP contribution in [0.25, 0.3) is 11.3 Å². The van der Waals surface area contributed by atoms with Gasteiger partial charge in [-0.25, -0.2) is 14.8 Å². The minimum atomic E-state index is -0.436. The summed E-state index contributed by atoms with van der Waals surface area (Å²) in [6, 6.07) is 11.0. The summed E-state index contributed by atoms with van der Waals surface area (Å²) in [5, 5.41) is 23.5. The highest BCUT2D eigenvalue weighted by Crippen LogP contribution is 2.32. The van der Waals surface area contributed by atoms with Gasteiger partial charge in [-0.15, -0.1) is 0 Å². The normalized spacial score (nSPS) is 21.4. The molecule has 4 N–H and O–H groups in total. The van der Waals surface area contributed by atoms with Crippen molar-refractivity contribution in [2.24, 2.45) is 5.41 Å². The Hall–Kier alpha value is -3.17. The Morgan fingerprint density at radius 1 is 1.07 bits per heavy atom. The van der Waals surface area contributed by atoms with E-state index in [4.69, 9.17) is 30.8 Å². The predicted molar refractivity (Wildman–Crippen MR) is 165 cm³/mol. The molecule has 2 aromatic rings. The third-order valence-corrected chi connectivity index (χ3v) is 8.55. The minimum absolute atomic E-state index is 0.117. The number of hydrogen-bond donors (Lipinski definition) is 4. The topological polar surface area (TPSA) is 142 Å². The van der Waals surface area contributed by atoms with Gasteiger partial charge in [-0.05, 0) is 69.6 Å². The fraction of sp³-hybridized carbons (Fsp3) is 0.613. The second-order valence-corrected chi connectivity index (χ2v) is 12.0. The van der Waals surface area contributed by atoms with Crippen LogP contribution in [0.1, 0.15) is 51.4 Å². The summed E-state index contributed by atoms with van der Waals surface area (Å²) in [6.45, 7) is 4.07. The summed E-state index contributed by atoms with van der Waals surface area (Å²) in [5.74, 6) is 1.49. The lowest BCUT2D eigenvalue weighted by molar-refractivity contribution is 0.0455. The number of aromatic nitrogens is 2. The molecular weight excluding hydrogens is 570 g/mol. The number of alkyl carbamates (subject to hydrolysis) is 1. The van der Waals surface area contributed by atoms with Gasteiger partial charge >= 0.3 is 6.09 Å². The van der Waals surface area contributed by atoms with E-state index in [1.54, 1.807) is 6.20 Å². The number of amides is 1. The number of halogens is 1. The highest BCUT2D eigenvalue weighted by atomic mass is 35.5. The van der Waals surface area contributed by atoms with Crippen LogP contribution in [-0.4, -0.2) is 80.3 Å². The molecular formula is C31H42ClN7O4. The Balaban J connectivity index is 1.03. The van der Waals surface area contributed by atoms with Crippen molar-refractivity contribution in [2.75, 3.05) is 56.7 Å². The first-order valence-corrected chi connectivity index (χ1v) is 15.8. The first-order valence-electron chi connectivity index (χ1n) is 15.4. The Kier molecular flexibility index (Phi) is 11.3. The van der Waals surface area contributed by atoms with Crippen molar-refractivity contribution in [3.63, 3.8) is 0 Å². The van der Waals surface area contributed by atoms with E-state index in [0.717, 1.165) is 62.1 Å². The van der Waals surface area contributed by atoms with Crippen LogP contribution in [0.2, 0.25) is 5.02 Å². The van der Waals surface area contributed by atoms with E-state index >= 15 is 0 Å². The number of anilines is 2. The van der Waals surface area contributed by atoms with Gasteiger partial charge in [0.25, 0.3) is 0 Å². The molecule has 0 atom stereocenters. The van der Waals surface area contributed by atoms with Crippen molar-refractivity contribution in [2.45, 2.75) is 69.6 Å². The van der Waals surface area contributed by atoms with Crippen LogP contribution in [-0.2, 0) is 14.2 Å². The zero-order chi connectivity index (χ0) is 29.9. The monoisotopic (exact) mass is 611 g/mol. The van der Waals surface area contributed by atoms with E-state index < -0.39 is 5.41 Å². The first-order chi connectivity index (χ1) is 21.0. The molecule has 3 fully saturated rings. The predicted octanol–water partition coefficient (Wildman–Crippen LogP) is 4.75. The van der Waals surface area contributed by atoms with Crippen molar-refractivity contribution >= 4 is 29.3 Å². The Morgan fingerprint density at radius 2 is 1.84 bits per heavy atom. The molecule has 232 valence electrons. The minimum Gasteiger partial charge on any atom is -0.446 e. The molecule has 11 nitrogen and oxygen atoms in total. The van der Waals surface area contributed by atoms with E-state index in [2.05, 4.69) is 32.3 Å². The standard InChI is InChI=1S/C31H42ClN7O4/c32-26-19-36-29(18-25(26)27-2-1-3-28(39-27)37-21-31(20-33)10-14-41-15-11-31)38-23-6-4-22(5-7-23)34-12-16-42-17-13-35-30(40)43-24-8-9-24/h1-3,18-19,22-24,34H,4-17,21H2,(H,35,40)(H,36,38)(H,37,39)/t22-,23-. The van der Waals surface area contributed by atoms with Crippen molar-refractivity contribution in [3.8, 4) is 17.3 Å². The number of pyridine rings is 2. The molecule has 1 saturated heterocycles. The maximum atomic E-state index is 11.5. The van der Waals surface area contributed by atoms with E-state index in [1.807, 2.05) is 24.3 Å². The number of hydrogen-bond acceptors (Lipinski definition) is 10. The molecule has 5 rings (SSSR count). The fourth-order valence-corrected chi connectivity index (χ4v) is 5.64. The third kappa shape index (κ3) is 9.66. The SMILES string of the molecule is N#CC1(CNc2cccc(-c3cc(N[C@H]4CC[C@H](NCCOCCNC(=O)OC5CC5)CC4)ncc3Cl)n2)CCOCC1. The molecule has 0 bridgehead atoms. The summed E-state index contributed by atoms with van der Waals surface area (Å²) in [5.41, 5.74) is 1.13. The van der Waals surface area contributed by atoms with Crippen LogP contribution >= 0.6 is 11.6 Å². The summed E-state index contributed by atoms with van der Waals surface area (Å²) >= 11 is 6.56. The van der Waals surface area contributed by atoms with Crippen LogP contribution in [0.3, 0.4) is 0 Å². The van der Waals surface area contributed by atoms with E-state index in [0.29, 0.717) is 75.3 Å². The Labute approximate surface area is 258 Å². The molecule has 43 heavy (non-hydrogen) atoms. The van der Waals surface area contributed by atoms with E-state index in [-0.39, 0.29) is 12.2 Å². The first kappa shape index (κ1) is 31.3. The van der Waals surface area contributed by atoms with E-state index in [1.165, 1.54) is 0 Å². The fourth-order valence-electron chi connectivity index (χ4n) is 5.44. The van der Waals surface area contributed by atoms with Gasteiger partial charge in [0.2, 0.25) is 0 Å². The molecule has 12 heteroatoms. The molecule has 0 spiro atoms. The van der Waals surface area contributed by atoms with Crippen molar-refractivity contribution < 1.29 is 19.0 Å². The average Bonchev–Trinajstić information content (AvgIpc) is 3.86. The smallest absolute Gasteiger partial charge is 0.407 e. The Morgan fingerprint density at radius 3 is 2.60 bits per heavy atom. The lowest BCUT2D eigenvalue weighted by Gasteiger charge is -2.30. The summed E-state index contributed by atoms with van der Waals surface area (Å²) in [7, 11) is 0. The molecule has 1 amide bonds. The van der Waals surface area contributed by atoms with E-state index in [9.17, 15) is 10.1 Å².